The van der Waals surface area contributed by atoms with E-state index in [1.807, 2.05) is 12.1 Å². The largest absolute Gasteiger partial charge is 0.508 e. The molecule has 0 bridgehead atoms. The molecule has 96 valence electrons. The number of aromatic hydroxyl groups is 1. The predicted octanol–water partition coefficient (Wildman–Crippen LogP) is 1.68. The molecule has 2 N–H and O–H groups in total. The highest BCUT2D eigenvalue weighted by Gasteiger charge is 2.03. The van der Waals surface area contributed by atoms with Crippen LogP contribution in [0, 0.1) is 0 Å². The minimum atomic E-state index is -0.689. The highest BCUT2D eigenvalue weighted by molar-refractivity contribution is 7.84. The average molecular weight is 255 g/mol. The molecule has 0 aromatic heterocycles. The van der Waals surface area contributed by atoms with Crippen molar-refractivity contribution < 1.29 is 9.32 Å². The molecular weight excluding hydrogens is 234 g/mol. The van der Waals surface area contributed by atoms with Crippen molar-refractivity contribution in [2.45, 2.75) is 25.8 Å². The van der Waals surface area contributed by atoms with E-state index < -0.39 is 10.8 Å². The number of hydrogen-bond acceptors (Lipinski definition) is 3. The van der Waals surface area contributed by atoms with Crippen LogP contribution in [0.3, 0.4) is 0 Å². The molecule has 2 atom stereocenters. The van der Waals surface area contributed by atoms with Crippen molar-refractivity contribution in [1.29, 1.82) is 0 Å². The number of phenols is 1. The Morgan fingerprint density at radius 3 is 2.59 bits per heavy atom. The van der Waals surface area contributed by atoms with Gasteiger partial charge in [0.15, 0.2) is 0 Å². The van der Waals surface area contributed by atoms with E-state index in [1.54, 1.807) is 18.4 Å². The minimum absolute atomic E-state index is 0.305. The van der Waals surface area contributed by atoms with Crippen molar-refractivity contribution in [1.82, 2.24) is 5.32 Å². The molecular formula is C13H21NO2S. The Morgan fingerprint density at radius 1 is 1.35 bits per heavy atom. The molecule has 2 unspecified atom stereocenters. The zero-order valence-electron chi connectivity index (χ0n) is 10.5. The molecule has 0 aliphatic carbocycles. The molecule has 0 spiro atoms. The number of nitrogens with one attached hydrogen (secondary N) is 1. The maximum atomic E-state index is 10.9. The second kappa shape index (κ2) is 7.45. The van der Waals surface area contributed by atoms with Gasteiger partial charge in [-0.3, -0.25) is 4.21 Å². The second-order valence-electron chi connectivity index (χ2n) is 4.36. The monoisotopic (exact) mass is 255 g/mol. The van der Waals surface area contributed by atoms with Crippen molar-refractivity contribution in [3.05, 3.63) is 29.8 Å². The third kappa shape index (κ3) is 6.44. The van der Waals surface area contributed by atoms with Crippen molar-refractivity contribution in [2.75, 3.05) is 18.6 Å². The van der Waals surface area contributed by atoms with Gasteiger partial charge in [0, 0.05) is 28.9 Å². The van der Waals surface area contributed by atoms with E-state index in [9.17, 15) is 9.32 Å². The highest BCUT2D eigenvalue weighted by Crippen LogP contribution is 2.11. The summed E-state index contributed by atoms with van der Waals surface area (Å²) >= 11 is 0. The Hall–Kier alpha value is -0.870. The molecule has 0 saturated heterocycles. The van der Waals surface area contributed by atoms with Gasteiger partial charge < -0.3 is 10.4 Å². The number of rotatable bonds is 7. The minimum Gasteiger partial charge on any atom is -0.508 e. The Labute approximate surface area is 106 Å². The fraction of sp³-hybridized carbons (Fsp3) is 0.538. The van der Waals surface area contributed by atoms with E-state index in [4.69, 9.17) is 0 Å². The van der Waals surface area contributed by atoms with Gasteiger partial charge in [0.25, 0.3) is 0 Å². The first-order valence-electron chi connectivity index (χ1n) is 5.89. The van der Waals surface area contributed by atoms with E-state index >= 15 is 0 Å². The lowest BCUT2D eigenvalue weighted by Gasteiger charge is -2.13. The van der Waals surface area contributed by atoms with E-state index in [0.29, 0.717) is 11.8 Å². The molecule has 4 heteroatoms. The quantitative estimate of drug-likeness (QED) is 0.729. The molecule has 0 fully saturated rings. The molecule has 0 radical (unpaired) electrons. The Kier molecular flexibility index (Phi) is 6.22. The van der Waals surface area contributed by atoms with Crippen molar-refractivity contribution in [3.63, 3.8) is 0 Å². The first-order chi connectivity index (χ1) is 8.08. The van der Waals surface area contributed by atoms with Gasteiger partial charge in [-0.25, -0.2) is 0 Å². The van der Waals surface area contributed by atoms with Gasteiger partial charge in [0.2, 0.25) is 0 Å². The fourth-order valence-corrected chi connectivity index (χ4v) is 2.23. The van der Waals surface area contributed by atoms with Crippen LogP contribution in [0.2, 0.25) is 0 Å². The maximum Gasteiger partial charge on any atom is 0.115 e. The standard InChI is InChI=1S/C13H21NO2S/c1-11(14-8-3-9-17(2)16)10-12-4-6-13(15)7-5-12/h4-7,11,14-15H,3,8-10H2,1-2H3. The van der Waals surface area contributed by atoms with Crippen LogP contribution in [-0.2, 0) is 17.2 Å². The molecule has 3 nitrogen and oxygen atoms in total. The van der Waals surface area contributed by atoms with Crippen molar-refractivity contribution in [3.8, 4) is 5.75 Å². The summed E-state index contributed by atoms with van der Waals surface area (Å²) in [4.78, 5) is 0. The lowest BCUT2D eigenvalue weighted by Crippen LogP contribution is -2.29. The van der Waals surface area contributed by atoms with Crippen LogP contribution < -0.4 is 5.32 Å². The molecule has 1 aromatic rings. The third-order valence-electron chi connectivity index (χ3n) is 2.58. The predicted molar refractivity (Wildman–Crippen MR) is 72.8 cm³/mol. The zero-order chi connectivity index (χ0) is 12.7. The molecule has 1 aromatic carbocycles. The van der Waals surface area contributed by atoms with Crippen LogP contribution >= 0.6 is 0 Å². The van der Waals surface area contributed by atoms with Gasteiger partial charge in [-0.05, 0) is 44.0 Å². The van der Waals surface area contributed by atoms with Gasteiger partial charge in [0.1, 0.15) is 5.75 Å². The summed E-state index contributed by atoms with van der Waals surface area (Å²) in [7, 11) is -0.689. The Bertz CT molecular complexity index is 351. The van der Waals surface area contributed by atoms with Crippen molar-refractivity contribution >= 4 is 10.8 Å². The van der Waals surface area contributed by atoms with Gasteiger partial charge in [-0.2, -0.15) is 0 Å². The Morgan fingerprint density at radius 2 is 2.00 bits per heavy atom. The zero-order valence-corrected chi connectivity index (χ0v) is 11.3. The fourth-order valence-electron chi connectivity index (χ4n) is 1.68. The molecule has 0 amide bonds. The van der Waals surface area contributed by atoms with Gasteiger partial charge in [-0.1, -0.05) is 12.1 Å². The number of benzene rings is 1. The number of phenolic OH excluding ortho intramolecular Hbond substituents is 1. The van der Waals surface area contributed by atoms with E-state index in [1.165, 1.54) is 5.56 Å². The molecule has 0 heterocycles. The summed E-state index contributed by atoms with van der Waals surface area (Å²) in [6.45, 7) is 3.04. The first-order valence-corrected chi connectivity index (χ1v) is 7.62. The number of hydrogen-bond donors (Lipinski definition) is 2. The van der Waals surface area contributed by atoms with Crippen LogP contribution in [-0.4, -0.2) is 33.9 Å². The van der Waals surface area contributed by atoms with Crippen LogP contribution in [0.5, 0.6) is 5.75 Å². The average Bonchev–Trinajstić information content (AvgIpc) is 2.27. The lowest BCUT2D eigenvalue weighted by molar-refractivity contribution is 0.474. The molecule has 0 saturated carbocycles. The first kappa shape index (κ1) is 14.2. The normalized spacial score (nSPS) is 14.5. The summed E-state index contributed by atoms with van der Waals surface area (Å²) in [5.41, 5.74) is 1.21. The summed E-state index contributed by atoms with van der Waals surface area (Å²) in [6, 6.07) is 7.69. The summed E-state index contributed by atoms with van der Waals surface area (Å²) in [6.07, 6.45) is 3.62. The van der Waals surface area contributed by atoms with Crippen LogP contribution in [0.15, 0.2) is 24.3 Å². The topological polar surface area (TPSA) is 49.3 Å². The van der Waals surface area contributed by atoms with Crippen LogP contribution in [0.4, 0.5) is 0 Å². The second-order valence-corrected chi connectivity index (χ2v) is 5.91. The maximum absolute atomic E-state index is 10.9. The van der Waals surface area contributed by atoms with E-state index in [0.717, 1.165) is 25.1 Å². The highest BCUT2D eigenvalue weighted by atomic mass is 32.2. The molecule has 17 heavy (non-hydrogen) atoms. The SMILES string of the molecule is CC(Cc1ccc(O)cc1)NCCCS(C)=O. The summed E-state index contributed by atoms with van der Waals surface area (Å²) in [5, 5.41) is 12.6. The van der Waals surface area contributed by atoms with Gasteiger partial charge in [-0.15, -0.1) is 0 Å². The van der Waals surface area contributed by atoms with Crippen LogP contribution in [0.1, 0.15) is 18.9 Å². The third-order valence-corrected chi connectivity index (χ3v) is 3.44. The van der Waals surface area contributed by atoms with Gasteiger partial charge in [0.05, 0.1) is 0 Å². The van der Waals surface area contributed by atoms with E-state index in [-0.39, 0.29) is 0 Å². The molecule has 0 aliphatic heterocycles. The Balaban J connectivity index is 2.22. The lowest BCUT2D eigenvalue weighted by atomic mass is 10.1. The summed E-state index contributed by atoms with van der Waals surface area (Å²) in [5.74, 6) is 1.07. The smallest absolute Gasteiger partial charge is 0.115 e. The van der Waals surface area contributed by atoms with Crippen molar-refractivity contribution in [2.24, 2.45) is 0 Å². The van der Waals surface area contributed by atoms with E-state index in [2.05, 4.69) is 12.2 Å². The molecule has 1 rings (SSSR count). The summed E-state index contributed by atoms with van der Waals surface area (Å²) < 4.78 is 10.9. The van der Waals surface area contributed by atoms with Gasteiger partial charge >= 0.3 is 0 Å². The van der Waals surface area contributed by atoms with Crippen LogP contribution in [0.25, 0.3) is 0 Å². The molecule has 0 aliphatic rings.